The molecule has 0 aliphatic rings. The van der Waals surface area contributed by atoms with Crippen molar-refractivity contribution >= 4 is 32.0 Å². The number of hydrogen-bond acceptors (Lipinski definition) is 5. The van der Waals surface area contributed by atoms with Gasteiger partial charge in [-0.25, -0.2) is 4.39 Å². The molecule has 0 aliphatic carbocycles. The van der Waals surface area contributed by atoms with Crippen molar-refractivity contribution in [2.24, 2.45) is 0 Å². The number of hydrogen-bond donors (Lipinski definition) is 1. The summed E-state index contributed by atoms with van der Waals surface area (Å²) in [5, 5.41) is 20.1. The number of nitro benzene ring substituents is 1. The lowest BCUT2D eigenvalue weighted by Gasteiger charge is -2.22. The summed E-state index contributed by atoms with van der Waals surface area (Å²) in [7, 11) is -0.299. The van der Waals surface area contributed by atoms with Gasteiger partial charge >= 0.3 is 14.5 Å². The van der Waals surface area contributed by atoms with Gasteiger partial charge in [-0.2, -0.15) is 0 Å². The predicted molar refractivity (Wildman–Crippen MR) is 61.9 cm³/mol. The number of nitrogens with zero attached hydrogens (tertiary/aromatic N) is 2. The molecule has 1 aromatic carbocycles. The van der Waals surface area contributed by atoms with Gasteiger partial charge < -0.3 is 14.5 Å². The van der Waals surface area contributed by atoms with Crippen LogP contribution in [0.25, 0.3) is 0 Å². The van der Waals surface area contributed by atoms with Crippen LogP contribution in [0.15, 0.2) is 18.2 Å². The van der Waals surface area contributed by atoms with Crippen molar-refractivity contribution in [3.8, 4) is 0 Å². The van der Waals surface area contributed by atoms with Gasteiger partial charge in [-0.1, -0.05) is 0 Å². The van der Waals surface area contributed by atoms with Crippen LogP contribution < -0.4 is 4.72 Å². The van der Waals surface area contributed by atoms with Crippen molar-refractivity contribution in [1.29, 1.82) is 0 Å². The highest BCUT2D eigenvalue weighted by Crippen LogP contribution is 2.28. The van der Waals surface area contributed by atoms with Gasteiger partial charge in [0.1, 0.15) is 12.0 Å². The molecule has 87 valence electrons. The first-order valence-corrected chi connectivity index (χ1v) is 4.66. The van der Waals surface area contributed by atoms with Gasteiger partial charge in [-0.05, 0) is 12.9 Å². The van der Waals surface area contributed by atoms with Crippen LogP contribution in [0.4, 0.5) is 15.8 Å². The van der Waals surface area contributed by atoms with Crippen molar-refractivity contribution in [3.63, 3.8) is 0 Å². The molecule has 9 heteroatoms. The number of rotatable bonds is 5. The molecule has 0 unspecified atom stereocenters. The predicted octanol–water partition coefficient (Wildman–Crippen LogP) is 0.460. The van der Waals surface area contributed by atoms with E-state index in [1.807, 2.05) is 0 Å². The van der Waals surface area contributed by atoms with E-state index in [2.05, 4.69) is 0 Å². The van der Waals surface area contributed by atoms with Gasteiger partial charge in [-0.3, -0.25) is 10.1 Å². The molecule has 0 aliphatic heterocycles. The van der Waals surface area contributed by atoms with E-state index in [1.165, 1.54) is 6.82 Å². The van der Waals surface area contributed by atoms with Crippen molar-refractivity contribution in [3.05, 3.63) is 34.1 Å². The Morgan fingerprint density at radius 2 is 2.29 bits per heavy atom. The van der Waals surface area contributed by atoms with E-state index in [1.54, 1.807) is 0 Å². The number of halogens is 1. The standard InChI is InChI=1S/C8H8B2FN2O4/c1-10(15)12(9-5-14)8-4-6(11)2-3-7(8)13(16)17/h2-5,15H,1H3. The van der Waals surface area contributed by atoms with Crippen LogP contribution in [-0.2, 0) is 4.79 Å². The molecular weight excluding hydrogens is 229 g/mol. The van der Waals surface area contributed by atoms with E-state index in [4.69, 9.17) is 0 Å². The molecule has 0 heterocycles. The highest BCUT2D eigenvalue weighted by atomic mass is 19.1. The fourth-order valence-electron chi connectivity index (χ4n) is 1.33. The minimum absolute atomic E-state index is 0.183. The third-order valence-electron chi connectivity index (χ3n) is 2.04. The highest BCUT2D eigenvalue weighted by molar-refractivity contribution is 6.82. The van der Waals surface area contributed by atoms with Crippen LogP contribution >= 0.6 is 0 Å². The van der Waals surface area contributed by atoms with Gasteiger partial charge in [0.15, 0.2) is 0 Å². The van der Waals surface area contributed by atoms with Crippen LogP contribution in [0.1, 0.15) is 0 Å². The van der Waals surface area contributed by atoms with E-state index in [9.17, 15) is 24.3 Å². The smallest absolute Gasteiger partial charge is 0.396 e. The third kappa shape index (κ3) is 3.04. The number of carbonyl (C=O) groups excluding carboxylic acids is 1. The molecule has 1 N–H and O–H groups in total. The second-order valence-corrected chi connectivity index (χ2v) is 3.21. The Balaban J connectivity index is 3.28. The Morgan fingerprint density at radius 3 is 2.76 bits per heavy atom. The summed E-state index contributed by atoms with van der Waals surface area (Å²) in [6, 6.07) is 2.78. The van der Waals surface area contributed by atoms with Crippen LogP contribution in [0.3, 0.4) is 0 Å². The van der Waals surface area contributed by atoms with Crippen LogP contribution in [0.5, 0.6) is 0 Å². The molecule has 0 amide bonds. The molecule has 1 rings (SSSR count). The summed E-state index contributed by atoms with van der Waals surface area (Å²) in [6.07, 6.45) is 0.349. The summed E-state index contributed by atoms with van der Waals surface area (Å²) in [5.41, 5.74) is -0.581. The van der Waals surface area contributed by atoms with Crippen LogP contribution in [0.2, 0.25) is 6.82 Å². The molecule has 1 aromatic rings. The number of nitro groups is 1. The highest BCUT2D eigenvalue weighted by Gasteiger charge is 2.25. The molecule has 0 spiro atoms. The molecule has 0 atom stereocenters. The quantitative estimate of drug-likeness (QED) is 0.348. The molecular formula is C8H8B2FN2O4. The molecule has 6 nitrogen and oxygen atoms in total. The van der Waals surface area contributed by atoms with E-state index in [-0.39, 0.29) is 5.69 Å². The van der Waals surface area contributed by atoms with Crippen molar-refractivity contribution in [2.45, 2.75) is 6.82 Å². The van der Waals surface area contributed by atoms with E-state index in [0.717, 1.165) is 30.3 Å². The second-order valence-electron chi connectivity index (χ2n) is 3.21. The molecule has 17 heavy (non-hydrogen) atoms. The molecule has 0 saturated heterocycles. The summed E-state index contributed by atoms with van der Waals surface area (Å²) in [6.45, 7) is 1.30. The van der Waals surface area contributed by atoms with Gasteiger partial charge in [0.25, 0.3) is 5.69 Å². The molecule has 0 bridgehead atoms. The van der Waals surface area contributed by atoms with Gasteiger partial charge in [0.05, 0.1) is 10.6 Å². The van der Waals surface area contributed by atoms with Gasteiger partial charge in [0, 0.05) is 12.1 Å². The average molecular weight is 237 g/mol. The zero-order chi connectivity index (χ0) is 13.0. The average Bonchev–Trinajstić information content (AvgIpc) is 2.24. The van der Waals surface area contributed by atoms with Crippen molar-refractivity contribution < 1.29 is 19.1 Å². The maximum atomic E-state index is 13.0. The Morgan fingerprint density at radius 1 is 1.65 bits per heavy atom. The monoisotopic (exact) mass is 237 g/mol. The Kier molecular flexibility index (Phi) is 4.22. The van der Waals surface area contributed by atoms with E-state index in [0.29, 0.717) is 6.19 Å². The topological polar surface area (TPSA) is 83.7 Å². The Bertz CT molecular complexity index is 444. The zero-order valence-electron chi connectivity index (χ0n) is 8.91. The first-order chi connectivity index (χ1) is 7.97. The summed E-state index contributed by atoms with van der Waals surface area (Å²) in [4.78, 5) is 20.4. The fourth-order valence-corrected chi connectivity index (χ4v) is 1.33. The normalized spacial score (nSPS) is 9.59. The summed E-state index contributed by atoms with van der Waals surface area (Å²) < 4.78 is 14.0. The lowest BCUT2D eigenvalue weighted by atomic mass is 9.73. The lowest BCUT2D eigenvalue weighted by Crippen LogP contribution is -2.41. The Hall–Kier alpha value is -1.89. The summed E-state index contributed by atoms with van der Waals surface area (Å²) >= 11 is 0. The number of benzene rings is 1. The first kappa shape index (κ1) is 13.2. The minimum atomic E-state index is -1.19. The maximum Gasteiger partial charge on any atom is 0.396 e. The van der Waals surface area contributed by atoms with Crippen molar-refractivity contribution in [1.82, 2.24) is 0 Å². The maximum absolute atomic E-state index is 13.0. The van der Waals surface area contributed by atoms with E-state index >= 15 is 0 Å². The SMILES string of the molecule is CB(O)N([B]C=O)c1cc(F)ccc1[N+](=O)[O-]. The van der Waals surface area contributed by atoms with Crippen LogP contribution in [0, 0.1) is 15.9 Å². The molecule has 0 aromatic heterocycles. The molecule has 1 radical (unpaired) electrons. The van der Waals surface area contributed by atoms with Crippen LogP contribution in [-0.4, -0.2) is 30.6 Å². The number of carbonyl (C=O) groups is 1. The summed E-state index contributed by atoms with van der Waals surface area (Å²) in [5.74, 6) is -0.699. The zero-order valence-corrected chi connectivity index (χ0v) is 8.91. The lowest BCUT2D eigenvalue weighted by molar-refractivity contribution is -0.384. The van der Waals surface area contributed by atoms with E-state index < -0.39 is 23.5 Å². The molecule has 0 fully saturated rings. The van der Waals surface area contributed by atoms with Gasteiger partial charge in [-0.15, -0.1) is 0 Å². The fraction of sp³-hybridized carbons (Fsp3) is 0.125. The first-order valence-electron chi connectivity index (χ1n) is 4.66. The second kappa shape index (κ2) is 5.44. The number of anilines is 1. The Labute approximate surface area is 97.6 Å². The van der Waals surface area contributed by atoms with Crippen molar-refractivity contribution in [2.75, 3.05) is 4.72 Å². The minimum Gasteiger partial charge on any atom is -0.433 e. The van der Waals surface area contributed by atoms with Gasteiger partial charge in [0.2, 0.25) is 0 Å². The largest absolute Gasteiger partial charge is 0.433 e. The third-order valence-corrected chi connectivity index (χ3v) is 2.04. The molecule has 0 saturated carbocycles.